The van der Waals surface area contributed by atoms with E-state index in [9.17, 15) is 8.78 Å². The van der Waals surface area contributed by atoms with Crippen LogP contribution in [0, 0.1) is 11.6 Å². The number of para-hydroxylation sites is 1. The molecule has 0 aromatic heterocycles. The van der Waals surface area contributed by atoms with Crippen molar-refractivity contribution >= 4 is 47.8 Å². The van der Waals surface area contributed by atoms with Crippen LogP contribution in [-0.4, -0.2) is 0 Å². The minimum absolute atomic E-state index is 0.101. The lowest BCUT2D eigenvalue weighted by Crippen LogP contribution is -2.04. The Morgan fingerprint density at radius 2 is 1.75 bits per heavy atom. The van der Waals surface area contributed by atoms with Crippen molar-refractivity contribution in [2.24, 2.45) is 0 Å². The highest BCUT2D eigenvalue weighted by Crippen LogP contribution is 2.32. The van der Waals surface area contributed by atoms with Crippen LogP contribution < -0.4 is 4.74 Å². The molecule has 2 aromatic carbocycles. The van der Waals surface area contributed by atoms with Crippen molar-refractivity contribution in [3.63, 3.8) is 0 Å². The highest BCUT2D eigenvalue weighted by molar-refractivity contribution is 9.11. The van der Waals surface area contributed by atoms with Crippen LogP contribution in [0.4, 0.5) is 8.78 Å². The lowest BCUT2D eigenvalue weighted by Gasteiger charge is -2.13. The van der Waals surface area contributed by atoms with E-state index in [0.29, 0.717) is 11.1 Å². The van der Waals surface area contributed by atoms with Gasteiger partial charge < -0.3 is 4.74 Å². The fourth-order valence-corrected chi connectivity index (χ4v) is 3.00. The second-order valence-corrected chi connectivity index (χ2v) is 6.24. The molecule has 1 nitrogen and oxygen atoms in total. The molecule has 2 aromatic rings. The zero-order valence-corrected chi connectivity index (χ0v) is 14.9. The quantitative estimate of drug-likeness (QED) is 0.395. The summed E-state index contributed by atoms with van der Waals surface area (Å²) >= 11 is 9.76. The van der Waals surface area contributed by atoms with Crippen molar-refractivity contribution in [2.45, 2.75) is 11.9 Å². The van der Waals surface area contributed by atoms with Crippen LogP contribution in [0.3, 0.4) is 0 Å². The maximum atomic E-state index is 13.9. The van der Waals surface area contributed by atoms with E-state index in [1.165, 1.54) is 12.1 Å². The SMILES string of the molecule is Fc1ccc(Br)c(F)c1COc1c(Br)cccc1CBr. The molecule has 0 bridgehead atoms. The Labute approximate surface area is 140 Å². The third-order valence-electron chi connectivity index (χ3n) is 2.69. The fourth-order valence-electron chi connectivity index (χ4n) is 1.67. The van der Waals surface area contributed by atoms with E-state index in [0.717, 1.165) is 10.0 Å². The largest absolute Gasteiger partial charge is 0.487 e. The lowest BCUT2D eigenvalue weighted by molar-refractivity contribution is 0.288. The molecule has 2 rings (SSSR count). The molecular formula is C14H9Br3F2O. The molecule has 106 valence electrons. The van der Waals surface area contributed by atoms with Crippen molar-refractivity contribution in [3.8, 4) is 5.75 Å². The predicted molar refractivity (Wildman–Crippen MR) is 85.2 cm³/mol. The number of hydrogen-bond acceptors (Lipinski definition) is 1. The number of ether oxygens (including phenoxy) is 1. The third kappa shape index (κ3) is 3.40. The van der Waals surface area contributed by atoms with E-state index in [-0.39, 0.29) is 16.6 Å². The van der Waals surface area contributed by atoms with Gasteiger partial charge in [-0.1, -0.05) is 28.1 Å². The molecule has 0 aliphatic carbocycles. The number of alkyl halides is 1. The summed E-state index contributed by atoms with van der Waals surface area (Å²) in [6, 6.07) is 8.10. The first-order valence-electron chi connectivity index (χ1n) is 5.63. The summed E-state index contributed by atoms with van der Waals surface area (Å²) in [6.07, 6.45) is 0. The lowest BCUT2D eigenvalue weighted by atomic mass is 10.2. The Bertz CT molecular complexity index is 632. The average Bonchev–Trinajstić information content (AvgIpc) is 2.44. The van der Waals surface area contributed by atoms with Gasteiger partial charge in [0.1, 0.15) is 24.0 Å². The molecule has 0 radical (unpaired) electrons. The molecule has 0 N–H and O–H groups in total. The Morgan fingerprint density at radius 1 is 1.00 bits per heavy atom. The summed E-state index contributed by atoms with van der Waals surface area (Å²) < 4.78 is 34.1. The first-order chi connectivity index (χ1) is 9.54. The van der Waals surface area contributed by atoms with Crippen LogP contribution >= 0.6 is 47.8 Å². The van der Waals surface area contributed by atoms with Gasteiger partial charge in [0.15, 0.2) is 0 Å². The smallest absolute Gasteiger partial charge is 0.146 e. The van der Waals surface area contributed by atoms with Gasteiger partial charge in [-0.05, 0) is 50.1 Å². The minimum Gasteiger partial charge on any atom is -0.487 e. The van der Waals surface area contributed by atoms with Crippen LogP contribution in [0.25, 0.3) is 0 Å². The summed E-state index contributed by atoms with van der Waals surface area (Å²) in [5, 5.41) is 0.589. The summed E-state index contributed by atoms with van der Waals surface area (Å²) in [5.74, 6) is -0.696. The molecule has 20 heavy (non-hydrogen) atoms. The summed E-state index contributed by atoms with van der Waals surface area (Å²) in [4.78, 5) is 0. The van der Waals surface area contributed by atoms with E-state index in [4.69, 9.17) is 4.74 Å². The van der Waals surface area contributed by atoms with Gasteiger partial charge in [-0.25, -0.2) is 8.78 Å². The molecule has 0 spiro atoms. The first kappa shape index (κ1) is 15.9. The Hall–Kier alpha value is -0.460. The van der Waals surface area contributed by atoms with E-state index >= 15 is 0 Å². The van der Waals surface area contributed by atoms with Gasteiger partial charge in [0.2, 0.25) is 0 Å². The number of rotatable bonds is 4. The zero-order valence-electron chi connectivity index (χ0n) is 10.1. The molecule has 0 unspecified atom stereocenters. The van der Waals surface area contributed by atoms with Crippen LogP contribution in [0.1, 0.15) is 11.1 Å². The van der Waals surface area contributed by atoms with Gasteiger partial charge in [0.05, 0.1) is 14.5 Å². The van der Waals surface area contributed by atoms with Gasteiger partial charge in [0, 0.05) is 10.9 Å². The van der Waals surface area contributed by atoms with Crippen molar-refractivity contribution in [3.05, 3.63) is 62.0 Å². The average molecular weight is 471 g/mol. The highest BCUT2D eigenvalue weighted by Gasteiger charge is 2.15. The second kappa shape index (κ2) is 7.00. The van der Waals surface area contributed by atoms with E-state index in [2.05, 4.69) is 47.8 Å². The zero-order chi connectivity index (χ0) is 14.7. The Morgan fingerprint density at radius 3 is 2.45 bits per heavy atom. The molecule has 0 saturated heterocycles. The molecule has 0 aliphatic heterocycles. The van der Waals surface area contributed by atoms with Crippen LogP contribution in [0.2, 0.25) is 0 Å². The predicted octanol–water partition coefficient (Wildman–Crippen LogP) is 5.96. The van der Waals surface area contributed by atoms with E-state index < -0.39 is 11.6 Å². The van der Waals surface area contributed by atoms with Crippen molar-refractivity contribution < 1.29 is 13.5 Å². The Kier molecular flexibility index (Phi) is 5.57. The van der Waals surface area contributed by atoms with Crippen molar-refractivity contribution in [1.29, 1.82) is 0 Å². The molecule has 0 saturated carbocycles. The summed E-state index contributed by atoms with van der Waals surface area (Å²) in [5.41, 5.74) is 0.797. The third-order valence-corrected chi connectivity index (χ3v) is 4.53. The van der Waals surface area contributed by atoms with Crippen molar-refractivity contribution in [1.82, 2.24) is 0 Å². The molecule has 0 atom stereocenters. The van der Waals surface area contributed by atoms with Crippen LogP contribution in [0.5, 0.6) is 5.75 Å². The van der Waals surface area contributed by atoms with Gasteiger partial charge in [-0.15, -0.1) is 0 Å². The second-order valence-electron chi connectivity index (χ2n) is 3.97. The monoisotopic (exact) mass is 468 g/mol. The standard InChI is InChI=1S/C14H9Br3F2O/c15-6-8-2-1-3-11(17)14(8)20-7-9-12(18)5-4-10(16)13(9)19/h1-5H,6-7H2. The van der Waals surface area contributed by atoms with Gasteiger partial charge >= 0.3 is 0 Å². The topological polar surface area (TPSA) is 9.23 Å². The maximum absolute atomic E-state index is 13.9. The summed E-state index contributed by atoms with van der Waals surface area (Å²) in [6.45, 7) is -0.181. The number of halogens is 5. The maximum Gasteiger partial charge on any atom is 0.146 e. The van der Waals surface area contributed by atoms with E-state index in [1.54, 1.807) is 0 Å². The molecule has 0 amide bonds. The first-order valence-corrected chi connectivity index (χ1v) is 8.34. The number of hydrogen-bond donors (Lipinski definition) is 0. The Balaban J connectivity index is 2.28. The van der Waals surface area contributed by atoms with E-state index in [1.807, 2.05) is 18.2 Å². The highest BCUT2D eigenvalue weighted by atomic mass is 79.9. The molecule has 6 heteroatoms. The molecule has 0 heterocycles. The van der Waals surface area contributed by atoms with Gasteiger partial charge in [-0.2, -0.15) is 0 Å². The van der Waals surface area contributed by atoms with Crippen molar-refractivity contribution in [2.75, 3.05) is 0 Å². The normalized spacial score (nSPS) is 10.7. The molecular weight excluding hydrogens is 462 g/mol. The number of benzene rings is 2. The molecule has 0 aliphatic rings. The van der Waals surface area contributed by atoms with Gasteiger partial charge in [-0.3, -0.25) is 0 Å². The minimum atomic E-state index is -0.641. The van der Waals surface area contributed by atoms with Crippen LogP contribution in [0.15, 0.2) is 39.3 Å². The summed E-state index contributed by atoms with van der Waals surface area (Å²) in [7, 11) is 0. The van der Waals surface area contributed by atoms with Gasteiger partial charge in [0.25, 0.3) is 0 Å². The molecule has 0 fully saturated rings. The van der Waals surface area contributed by atoms with Crippen LogP contribution in [-0.2, 0) is 11.9 Å². The fraction of sp³-hybridized carbons (Fsp3) is 0.143.